The number of nitrogens with two attached hydrogens (primary N) is 1. The first-order chi connectivity index (χ1) is 9.02. The summed E-state index contributed by atoms with van der Waals surface area (Å²) in [5.74, 6) is 0.186. The zero-order valence-corrected chi connectivity index (χ0v) is 12.9. The highest BCUT2D eigenvalue weighted by molar-refractivity contribution is 5.56. The van der Waals surface area contributed by atoms with Crippen molar-refractivity contribution >= 4 is 11.5 Å². The molecule has 0 bridgehead atoms. The predicted molar refractivity (Wildman–Crippen MR) is 78.5 cm³/mol. The summed E-state index contributed by atoms with van der Waals surface area (Å²) in [6, 6.07) is 0.126. The van der Waals surface area contributed by atoms with Gasteiger partial charge in [0.25, 0.3) is 0 Å². The van der Waals surface area contributed by atoms with Crippen LogP contribution in [0, 0.1) is 27.9 Å². The van der Waals surface area contributed by atoms with Crippen molar-refractivity contribution in [3.63, 3.8) is 0 Å². The molecule has 0 saturated heterocycles. The molecule has 0 aromatic carbocycles. The zero-order valence-electron chi connectivity index (χ0n) is 12.9. The smallest absolute Gasteiger partial charge is 0.333 e. The predicted octanol–water partition coefficient (Wildman–Crippen LogP) is 3.46. The van der Waals surface area contributed by atoms with E-state index in [2.05, 4.69) is 32.8 Å². The molecule has 0 amide bonds. The van der Waals surface area contributed by atoms with E-state index >= 15 is 0 Å². The molecule has 0 radical (unpaired) electrons. The highest BCUT2D eigenvalue weighted by Gasteiger charge is 2.41. The summed E-state index contributed by atoms with van der Waals surface area (Å²) in [6.07, 6.45) is 3.02. The Morgan fingerprint density at radius 2 is 1.80 bits per heavy atom. The van der Waals surface area contributed by atoms with Crippen LogP contribution in [0.15, 0.2) is 0 Å². The summed E-state index contributed by atoms with van der Waals surface area (Å²) in [5, 5.41) is 15.4. The van der Waals surface area contributed by atoms with Gasteiger partial charge in [-0.2, -0.15) is 5.10 Å². The third-order valence-electron chi connectivity index (χ3n) is 4.15. The lowest BCUT2D eigenvalue weighted by Gasteiger charge is -2.45. The van der Waals surface area contributed by atoms with Gasteiger partial charge in [-0.3, -0.25) is 10.1 Å². The van der Waals surface area contributed by atoms with Crippen molar-refractivity contribution < 1.29 is 4.92 Å². The Bertz CT molecular complexity index is 530. The SMILES string of the molecule is Cc1nn(C2CC(C)(C)CC(C)(C)C2)c(N)c1[N+](=O)[O-]. The first kappa shape index (κ1) is 14.8. The van der Waals surface area contributed by atoms with Crippen molar-refractivity contribution in [1.29, 1.82) is 0 Å². The number of nitrogens with zero attached hydrogens (tertiary/aromatic N) is 3. The molecule has 2 rings (SSSR count). The molecular weight excluding hydrogens is 256 g/mol. The normalized spacial score (nSPS) is 21.9. The van der Waals surface area contributed by atoms with Crippen LogP contribution in [0.25, 0.3) is 0 Å². The maximum Gasteiger partial charge on any atom is 0.333 e. The number of anilines is 1. The molecule has 1 aromatic heterocycles. The Balaban J connectivity index is 2.41. The molecule has 6 heteroatoms. The van der Waals surface area contributed by atoms with E-state index in [0.717, 1.165) is 19.3 Å². The van der Waals surface area contributed by atoms with Crippen molar-refractivity contribution in [2.24, 2.45) is 10.8 Å². The maximum atomic E-state index is 11.1. The van der Waals surface area contributed by atoms with Crippen molar-refractivity contribution in [3.05, 3.63) is 15.8 Å². The van der Waals surface area contributed by atoms with E-state index in [-0.39, 0.29) is 28.4 Å². The van der Waals surface area contributed by atoms with Gasteiger partial charge in [0.2, 0.25) is 5.82 Å². The highest BCUT2D eigenvalue weighted by atomic mass is 16.6. The lowest BCUT2D eigenvalue weighted by atomic mass is 9.63. The second kappa shape index (κ2) is 4.46. The van der Waals surface area contributed by atoms with Gasteiger partial charge in [0.05, 0.1) is 11.0 Å². The molecule has 1 saturated carbocycles. The third-order valence-corrected chi connectivity index (χ3v) is 4.15. The number of hydrogen-bond acceptors (Lipinski definition) is 4. The molecule has 0 aliphatic heterocycles. The fourth-order valence-electron chi connectivity index (χ4n) is 4.02. The molecule has 112 valence electrons. The maximum absolute atomic E-state index is 11.1. The standard InChI is InChI=1S/C14H24N4O2/c1-9-11(18(19)20)12(15)17(16-9)10-6-13(2,3)8-14(4,5)7-10/h10H,6-8,15H2,1-5H3. The topological polar surface area (TPSA) is 87.0 Å². The number of nitro groups is 1. The second-order valence-corrected chi connectivity index (χ2v) is 7.59. The average molecular weight is 280 g/mol. The van der Waals surface area contributed by atoms with Crippen LogP contribution in [0.2, 0.25) is 0 Å². The van der Waals surface area contributed by atoms with Crippen molar-refractivity contribution in [2.75, 3.05) is 5.73 Å². The van der Waals surface area contributed by atoms with E-state index in [4.69, 9.17) is 5.73 Å². The van der Waals surface area contributed by atoms with Crippen LogP contribution in [0.4, 0.5) is 11.5 Å². The molecular formula is C14H24N4O2. The van der Waals surface area contributed by atoms with Crippen LogP contribution in [0.5, 0.6) is 0 Å². The van der Waals surface area contributed by atoms with Crippen molar-refractivity contribution in [1.82, 2.24) is 9.78 Å². The number of hydrogen-bond donors (Lipinski definition) is 1. The number of rotatable bonds is 2. The van der Waals surface area contributed by atoms with Gasteiger partial charge in [0.15, 0.2) is 0 Å². The Hall–Kier alpha value is -1.59. The fraction of sp³-hybridized carbons (Fsp3) is 0.786. The fourth-order valence-corrected chi connectivity index (χ4v) is 4.02. The Labute approximate surface area is 119 Å². The van der Waals surface area contributed by atoms with Gasteiger partial charge >= 0.3 is 5.69 Å². The Morgan fingerprint density at radius 3 is 2.20 bits per heavy atom. The van der Waals surface area contributed by atoms with Crippen LogP contribution >= 0.6 is 0 Å². The minimum absolute atomic E-state index is 0.0498. The van der Waals surface area contributed by atoms with E-state index < -0.39 is 4.92 Å². The van der Waals surface area contributed by atoms with Crippen LogP contribution in [0.1, 0.15) is 58.7 Å². The first-order valence-electron chi connectivity index (χ1n) is 7.01. The molecule has 2 N–H and O–H groups in total. The van der Waals surface area contributed by atoms with Gasteiger partial charge in [-0.05, 0) is 37.0 Å². The van der Waals surface area contributed by atoms with Gasteiger partial charge < -0.3 is 5.73 Å². The van der Waals surface area contributed by atoms with Crippen LogP contribution < -0.4 is 5.73 Å². The van der Waals surface area contributed by atoms with Crippen molar-refractivity contribution in [3.8, 4) is 0 Å². The molecule has 0 unspecified atom stereocenters. The van der Waals surface area contributed by atoms with E-state index in [1.807, 2.05) is 0 Å². The van der Waals surface area contributed by atoms with Crippen LogP contribution in [-0.2, 0) is 0 Å². The van der Waals surface area contributed by atoms with E-state index in [0.29, 0.717) is 5.69 Å². The largest absolute Gasteiger partial charge is 0.378 e. The molecule has 1 aromatic rings. The zero-order chi connectivity index (χ0) is 15.3. The second-order valence-electron chi connectivity index (χ2n) is 7.59. The molecule has 0 spiro atoms. The summed E-state index contributed by atoms with van der Waals surface area (Å²) in [5.41, 5.74) is 6.69. The monoisotopic (exact) mass is 280 g/mol. The van der Waals surface area contributed by atoms with Crippen LogP contribution in [-0.4, -0.2) is 14.7 Å². The molecule has 0 atom stereocenters. The molecule has 1 heterocycles. The van der Waals surface area contributed by atoms with Gasteiger partial charge in [-0.15, -0.1) is 0 Å². The van der Waals surface area contributed by atoms with E-state index in [1.54, 1.807) is 11.6 Å². The molecule has 20 heavy (non-hydrogen) atoms. The number of aromatic nitrogens is 2. The van der Waals surface area contributed by atoms with E-state index in [9.17, 15) is 10.1 Å². The highest BCUT2D eigenvalue weighted by Crippen LogP contribution is 2.50. The van der Waals surface area contributed by atoms with Crippen molar-refractivity contribution in [2.45, 2.75) is 59.9 Å². The first-order valence-corrected chi connectivity index (χ1v) is 7.01. The van der Waals surface area contributed by atoms with Crippen LogP contribution in [0.3, 0.4) is 0 Å². The lowest BCUT2D eigenvalue weighted by molar-refractivity contribution is -0.384. The lowest BCUT2D eigenvalue weighted by Crippen LogP contribution is -2.35. The molecule has 1 fully saturated rings. The Morgan fingerprint density at radius 1 is 1.30 bits per heavy atom. The quantitative estimate of drug-likeness (QED) is 0.663. The van der Waals surface area contributed by atoms with E-state index in [1.165, 1.54) is 0 Å². The van der Waals surface area contributed by atoms with Gasteiger partial charge in [0.1, 0.15) is 5.69 Å². The summed E-state index contributed by atoms with van der Waals surface area (Å²) >= 11 is 0. The molecule has 1 aliphatic carbocycles. The van der Waals surface area contributed by atoms with Gasteiger partial charge in [-0.1, -0.05) is 27.7 Å². The average Bonchev–Trinajstić information content (AvgIpc) is 2.49. The third kappa shape index (κ3) is 2.64. The summed E-state index contributed by atoms with van der Waals surface area (Å²) in [6.45, 7) is 10.6. The minimum Gasteiger partial charge on any atom is -0.378 e. The Kier molecular flexibility index (Phi) is 3.31. The minimum atomic E-state index is -0.437. The number of nitrogen functional groups attached to an aromatic ring is 1. The van der Waals surface area contributed by atoms with Gasteiger partial charge in [-0.25, -0.2) is 4.68 Å². The summed E-state index contributed by atoms with van der Waals surface area (Å²) < 4.78 is 1.68. The molecule has 1 aliphatic rings. The summed E-state index contributed by atoms with van der Waals surface area (Å²) in [7, 11) is 0. The molecule has 6 nitrogen and oxygen atoms in total. The van der Waals surface area contributed by atoms with Gasteiger partial charge in [0, 0.05) is 0 Å². The number of aryl methyl sites for hydroxylation is 1. The summed E-state index contributed by atoms with van der Waals surface area (Å²) in [4.78, 5) is 10.6.